The molecular weight excluding hydrogens is 354 g/mol. The van der Waals surface area contributed by atoms with Gasteiger partial charge in [-0.1, -0.05) is 42.5 Å². The Kier molecular flexibility index (Phi) is 7.06. The molecule has 28 heavy (non-hydrogen) atoms. The van der Waals surface area contributed by atoms with Crippen molar-refractivity contribution in [2.24, 2.45) is 5.92 Å². The molecule has 0 radical (unpaired) electrons. The molecule has 0 spiro atoms. The highest BCUT2D eigenvalue weighted by Gasteiger charge is 2.29. The minimum Gasteiger partial charge on any atom is -0.492 e. The largest absolute Gasteiger partial charge is 0.492 e. The van der Waals surface area contributed by atoms with E-state index in [0.29, 0.717) is 50.5 Å². The minimum atomic E-state index is -0.153. The van der Waals surface area contributed by atoms with Gasteiger partial charge in [0.1, 0.15) is 5.75 Å². The van der Waals surface area contributed by atoms with Crippen molar-refractivity contribution >= 4 is 11.9 Å². The zero-order valence-electron chi connectivity index (χ0n) is 16.3. The zero-order valence-corrected chi connectivity index (χ0v) is 16.3. The highest BCUT2D eigenvalue weighted by atomic mass is 16.5. The third-order valence-corrected chi connectivity index (χ3v) is 5.01. The summed E-state index contributed by atoms with van der Waals surface area (Å²) in [5.74, 6) is 0.300. The van der Waals surface area contributed by atoms with E-state index in [0.717, 1.165) is 6.42 Å². The summed E-state index contributed by atoms with van der Waals surface area (Å²) in [5.41, 5.74) is 1.78. The SMILES string of the molecule is CCOC(=O)C1CCN(C(=O)c2ccccc2OCCc2ccccc2)CC1. The summed E-state index contributed by atoms with van der Waals surface area (Å²) in [4.78, 5) is 26.7. The number of carbonyl (C=O) groups excluding carboxylic acids is 2. The number of amides is 1. The summed E-state index contributed by atoms with van der Waals surface area (Å²) in [6.07, 6.45) is 2.07. The van der Waals surface area contributed by atoms with Gasteiger partial charge in [0.15, 0.2) is 0 Å². The van der Waals surface area contributed by atoms with Gasteiger partial charge >= 0.3 is 5.97 Å². The number of hydrogen-bond donors (Lipinski definition) is 0. The molecule has 0 saturated carbocycles. The van der Waals surface area contributed by atoms with Crippen molar-refractivity contribution in [3.8, 4) is 5.75 Å². The Bertz CT molecular complexity index is 782. The predicted octanol–water partition coefficient (Wildman–Crippen LogP) is 3.72. The van der Waals surface area contributed by atoms with Crippen LogP contribution in [0.4, 0.5) is 0 Å². The lowest BCUT2D eigenvalue weighted by Crippen LogP contribution is -2.40. The topological polar surface area (TPSA) is 55.8 Å². The molecule has 0 aromatic heterocycles. The summed E-state index contributed by atoms with van der Waals surface area (Å²) >= 11 is 0. The molecule has 0 unspecified atom stereocenters. The number of ether oxygens (including phenoxy) is 2. The van der Waals surface area contributed by atoms with Crippen molar-refractivity contribution in [2.75, 3.05) is 26.3 Å². The van der Waals surface area contributed by atoms with Crippen LogP contribution in [0.25, 0.3) is 0 Å². The minimum absolute atomic E-state index is 0.0439. The number of para-hydroxylation sites is 1. The summed E-state index contributed by atoms with van der Waals surface area (Å²) in [7, 11) is 0. The molecule has 5 nitrogen and oxygen atoms in total. The number of carbonyl (C=O) groups is 2. The molecule has 1 amide bonds. The van der Waals surface area contributed by atoms with Crippen LogP contribution < -0.4 is 4.74 Å². The molecule has 1 saturated heterocycles. The maximum absolute atomic E-state index is 13.0. The molecule has 2 aromatic carbocycles. The molecule has 1 aliphatic heterocycles. The summed E-state index contributed by atoms with van der Waals surface area (Å²) < 4.78 is 11.0. The molecule has 5 heteroatoms. The quantitative estimate of drug-likeness (QED) is 0.686. The van der Waals surface area contributed by atoms with Crippen LogP contribution in [-0.2, 0) is 16.0 Å². The Morgan fingerprint density at radius 3 is 2.39 bits per heavy atom. The van der Waals surface area contributed by atoms with Crippen LogP contribution in [0.2, 0.25) is 0 Å². The number of esters is 1. The maximum atomic E-state index is 13.0. The molecule has 0 N–H and O–H groups in total. The second-order valence-corrected chi connectivity index (χ2v) is 6.90. The second kappa shape index (κ2) is 9.93. The van der Waals surface area contributed by atoms with Crippen LogP contribution in [-0.4, -0.2) is 43.1 Å². The van der Waals surface area contributed by atoms with E-state index in [1.807, 2.05) is 43.3 Å². The van der Waals surface area contributed by atoms with Crippen LogP contribution >= 0.6 is 0 Å². The van der Waals surface area contributed by atoms with Gasteiger partial charge in [0, 0.05) is 19.5 Å². The van der Waals surface area contributed by atoms with Gasteiger partial charge in [-0.05, 0) is 37.5 Å². The Morgan fingerprint density at radius 1 is 1.00 bits per heavy atom. The van der Waals surface area contributed by atoms with E-state index in [4.69, 9.17) is 9.47 Å². The number of rotatable bonds is 7. The van der Waals surface area contributed by atoms with Crippen LogP contribution in [0.5, 0.6) is 5.75 Å². The molecule has 2 aromatic rings. The van der Waals surface area contributed by atoms with E-state index in [-0.39, 0.29) is 17.8 Å². The van der Waals surface area contributed by atoms with Crippen molar-refractivity contribution in [2.45, 2.75) is 26.2 Å². The normalized spacial score (nSPS) is 14.5. The molecule has 3 rings (SSSR count). The maximum Gasteiger partial charge on any atom is 0.309 e. The average Bonchev–Trinajstić information content (AvgIpc) is 2.75. The molecular formula is C23H27NO4. The molecule has 1 fully saturated rings. The summed E-state index contributed by atoms with van der Waals surface area (Å²) in [5, 5.41) is 0. The predicted molar refractivity (Wildman–Crippen MR) is 107 cm³/mol. The fraction of sp³-hybridized carbons (Fsp3) is 0.391. The average molecular weight is 381 g/mol. The van der Waals surface area contributed by atoms with E-state index in [1.165, 1.54) is 5.56 Å². The van der Waals surface area contributed by atoms with Crippen LogP contribution in [0.15, 0.2) is 54.6 Å². The van der Waals surface area contributed by atoms with E-state index in [1.54, 1.807) is 11.0 Å². The first-order chi connectivity index (χ1) is 13.7. The fourth-order valence-corrected chi connectivity index (χ4v) is 3.44. The van der Waals surface area contributed by atoms with Gasteiger partial charge < -0.3 is 14.4 Å². The van der Waals surface area contributed by atoms with Gasteiger partial charge in [-0.25, -0.2) is 0 Å². The van der Waals surface area contributed by atoms with E-state index in [2.05, 4.69) is 12.1 Å². The number of likely N-dealkylation sites (tertiary alicyclic amines) is 1. The first-order valence-electron chi connectivity index (χ1n) is 9.90. The molecule has 1 aliphatic rings. The number of hydrogen-bond acceptors (Lipinski definition) is 4. The van der Waals surface area contributed by atoms with Crippen LogP contribution in [0, 0.1) is 5.92 Å². The van der Waals surface area contributed by atoms with Crippen molar-refractivity contribution < 1.29 is 19.1 Å². The van der Waals surface area contributed by atoms with Gasteiger partial charge in [0.05, 0.1) is 24.7 Å². The van der Waals surface area contributed by atoms with Crippen LogP contribution in [0.1, 0.15) is 35.7 Å². The van der Waals surface area contributed by atoms with E-state index in [9.17, 15) is 9.59 Å². The Morgan fingerprint density at radius 2 is 1.68 bits per heavy atom. The van der Waals surface area contributed by atoms with Crippen molar-refractivity contribution in [1.29, 1.82) is 0 Å². The highest BCUT2D eigenvalue weighted by molar-refractivity contribution is 5.97. The Labute approximate surface area is 166 Å². The third kappa shape index (κ3) is 5.12. The van der Waals surface area contributed by atoms with Crippen molar-refractivity contribution in [1.82, 2.24) is 4.90 Å². The first kappa shape index (κ1) is 19.9. The molecule has 0 aliphatic carbocycles. The van der Waals surface area contributed by atoms with Gasteiger partial charge in [0.25, 0.3) is 5.91 Å². The van der Waals surface area contributed by atoms with Gasteiger partial charge in [0.2, 0.25) is 0 Å². The molecule has 1 heterocycles. The Balaban J connectivity index is 1.58. The number of benzene rings is 2. The molecule has 0 bridgehead atoms. The summed E-state index contributed by atoms with van der Waals surface area (Å²) in [6.45, 7) is 3.83. The number of nitrogens with zero attached hydrogens (tertiary/aromatic N) is 1. The first-order valence-corrected chi connectivity index (χ1v) is 9.90. The zero-order chi connectivity index (χ0) is 19.8. The van der Waals surface area contributed by atoms with Crippen molar-refractivity contribution in [3.05, 3.63) is 65.7 Å². The standard InChI is InChI=1S/C23H27NO4/c1-2-27-23(26)19-12-15-24(16-13-19)22(25)20-10-6-7-11-21(20)28-17-14-18-8-4-3-5-9-18/h3-11,19H,2,12-17H2,1H3. The Hall–Kier alpha value is -2.82. The smallest absolute Gasteiger partial charge is 0.309 e. The fourth-order valence-electron chi connectivity index (χ4n) is 3.44. The van der Waals surface area contributed by atoms with Gasteiger partial charge in [-0.3, -0.25) is 9.59 Å². The lowest BCUT2D eigenvalue weighted by atomic mass is 9.96. The molecule has 0 atom stereocenters. The highest BCUT2D eigenvalue weighted by Crippen LogP contribution is 2.24. The van der Waals surface area contributed by atoms with Crippen molar-refractivity contribution in [3.63, 3.8) is 0 Å². The van der Waals surface area contributed by atoms with E-state index >= 15 is 0 Å². The van der Waals surface area contributed by atoms with Gasteiger partial charge in [-0.2, -0.15) is 0 Å². The van der Waals surface area contributed by atoms with Gasteiger partial charge in [-0.15, -0.1) is 0 Å². The van der Waals surface area contributed by atoms with E-state index < -0.39 is 0 Å². The van der Waals surface area contributed by atoms with Crippen LogP contribution in [0.3, 0.4) is 0 Å². The lowest BCUT2D eigenvalue weighted by Gasteiger charge is -2.31. The lowest BCUT2D eigenvalue weighted by molar-refractivity contribution is -0.149. The third-order valence-electron chi connectivity index (χ3n) is 5.01. The number of piperidine rings is 1. The summed E-state index contributed by atoms with van der Waals surface area (Å²) in [6, 6.07) is 17.5. The monoisotopic (exact) mass is 381 g/mol. The second-order valence-electron chi connectivity index (χ2n) is 6.90. The molecule has 148 valence electrons.